The first-order valence-corrected chi connectivity index (χ1v) is 7.43. The minimum Gasteiger partial charge on any atom is -0.381 e. The molecule has 2 rings (SSSR count). The molecule has 2 atom stereocenters. The van der Waals surface area contributed by atoms with E-state index in [4.69, 9.17) is 4.74 Å². The normalized spacial score (nSPS) is 30.1. The number of hydrogen-bond acceptors (Lipinski definition) is 3. The third-order valence-electron chi connectivity index (χ3n) is 4.01. The summed E-state index contributed by atoms with van der Waals surface area (Å²) >= 11 is 0. The summed E-state index contributed by atoms with van der Waals surface area (Å²) in [5.74, 6) is 0.321. The predicted molar refractivity (Wildman–Crippen MR) is 71.2 cm³/mol. The highest BCUT2D eigenvalue weighted by molar-refractivity contribution is 5.84. The molecule has 4 heteroatoms. The summed E-state index contributed by atoms with van der Waals surface area (Å²) in [5.41, 5.74) is 0. The van der Waals surface area contributed by atoms with Crippen LogP contribution in [0.5, 0.6) is 0 Å². The smallest absolute Gasteiger partial charge is 0.241 e. The summed E-state index contributed by atoms with van der Waals surface area (Å²) in [7, 11) is 0. The Morgan fingerprint density at radius 3 is 2.50 bits per heavy atom. The molecule has 18 heavy (non-hydrogen) atoms. The van der Waals surface area contributed by atoms with Crippen LogP contribution in [0.2, 0.25) is 0 Å². The molecule has 0 aliphatic carbocycles. The molecule has 4 nitrogen and oxygen atoms in total. The second kappa shape index (κ2) is 6.53. The molecular weight excluding hydrogens is 228 g/mol. The largest absolute Gasteiger partial charge is 0.381 e. The van der Waals surface area contributed by atoms with Crippen LogP contribution in [0.4, 0.5) is 0 Å². The topological polar surface area (TPSA) is 41.6 Å². The number of ether oxygens (including phenoxy) is 1. The molecule has 0 spiro atoms. The molecule has 0 bridgehead atoms. The summed E-state index contributed by atoms with van der Waals surface area (Å²) in [6.45, 7) is 5.92. The second-order valence-corrected chi connectivity index (χ2v) is 5.40. The highest BCUT2D eigenvalue weighted by Gasteiger charge is 2.41. The number of nitrogens with one attached hydrogen (secondary N) is 1. The lowest BCUT2D eigenvalue weighted by Gasteiger charge is -2.35. The van der Waals surface area contributed by atoms with E-state index in [1.54, 1.807) is 0 Å². The number of amides is 1. The van der Waals surface area contributed by atoms with Gasteiger partial charge in [0.05, 0.1) is 12.2 Å². The van der Waals surface area contributed by atoms with Crippen LogP contribution in [0.15, 0.2) is 0 Å². The first-order chi connectivity index (χ1) is 8.77. The van der Waals surface area contributed by atoms with Gasteiger partial charge in [-0.25, -0.2) is 0 Å². The van der Waals surface area contributed by atoms with Crippen LogP contribution in [0.1, 0.15) is 52.4 Å². The fraction of sp³-hybridized carbons (Fsp3) is 0.929. The molecule has 2 unspecified atom stereocenters. The number of rotatable bonds is 5. The predicted octanol–water partition coefficient (Wildman–Crippen LogP) is 1.89. The van der Waals surface area contributed by atoms with Crippen molar-refractivity contribution in [1.82, 2.24) is 10.2 Å². The second-order valence-electron chi connectivity index (χ2n) is 5.40. The zero-order valence-corrected chi connectivity index (χ0v) is 11.7. The van der Waals surface area contributed by atoms with Gasteiger partial charge in [0.2, 0.25) is 5.91 Å². The van der Waals surface area contributed by atoms with Crippen LogP contribution in [-0.4, -0.2) is 42.3 Å². The SMILES string of the molecule is CCCC1NC(CCC)N(C2CCOCC2)C1=O. The van der Waals surface area contributed by atoms with E-state index >= 15 is 0 Å². The van der Waals surface area contributed by atoms with Gasteiger partial charge in [-0.05, 0) is 25.7 Å². The third kappa shape index (κ3) is 2.86. The lowest BCUT2D eigenvalue weighted by Crippen LogP contribution is -2.47. The molecule has 0 aromatic rings. The van der Waals surface area contributed by atoms with Crippen molar-refractivity contribution in [1.29, 1.82) is 0 Å². The lowest BCUT2D eigenvalue weighted by atomic mass is 10.1. The fourth-order valence-electron chi connectivity index (χ4n) is 3.11. The van der Waals surface area contributed by atoms with Gasteiger partial charge in [-0.2, -0.15) is 0 Å². The standard InChI is InChI=1S/C14H26N2O2/c1-3-5-12-14(17)16(13(15-12)6-4-2)11-7-9-18-10-8-11/h11-13,15H,3-10H2,1-2H3. The number of nitrogens with zero attached hydrogens (tertiary/aromatic N) is 1. The summed E-state index contributed by atoms with van der Waals surface area (Å²) in [4.78, 5) is 14.6. The van der Waals surface area contributed by atoms with Crippen LogP contribution in [-0.2, 0) is 9.53 Å². The van der Waals surface area contributed by atoms with E-state index < -0.39 is 0 Å². The summed E-state index contributed by atoms with van der Waals surface area (Å²) in [6, 6.07) is 0.437. The molecule has 2 saturated heterocycles. The molecular formula is C14H26N2O2. The van der Waals surface area contributed by atoms with Crippen molar-refractivity contribution in [2.24, 2.45) is 0 Å². The van der Waals surface area contributed by atoms with Gasteiger partial charge in [0, 0.05) is 19.3 Å². The molecule has 104 valence electrons. The van der Waals surface area contributed by atoms with Gasteiger partial charge in [0.1, 0.15) is 0 Å². The van der Waals surface area contributed by atoms with Gasteiger partial charge < -0.3 is 9.64 Å². The van der Waals surface area contributed by atoms with Crippen molar-refractivity contribution < 1.29 is 9.53 Å². The monoisotopic (exact) mass is 254 g/mol. The van der Waals surface area contributed by atoms with Crippen molar-refractivity contribution in [3.05, 3.63) is 0 Å². The highest BCUT2D eigenvalue weighted by atomic mass is 16.5. The van der Waals surface area contributed by atoms with Crippen LogP contribution in [0.3, 0.4) is 0 Å². The van der Waals surface area contributed by atoms with Gasteiger partial charge in [0.25, 0.3) is 0 Å². The maximum absolute atomic E-state index is 12.5. The molecule has 0 aromatic heterocycles. The quantitative estimate of drug-likeness (QED) is 0.814. The Balaban J connectivity index is 2.05. The summed E-state index contributed by atoms with van der Waals surface area (Å²) < 4.78 is 5.41. The van der Waals surface area contributed by atoms with Crippen LogP contribution >= 0.6 is 0 Å². The Hall–Kier alpha value is -0.610. The Kier molecular flexibility index (Phi) is 5.01. The van der Waals surface area contributed by atoms with E-state index in [1.807, 2.05) is 0 Å². The Morgan fingerprint density at radius 2 is 1.89 bits per heavy atom. The van der Waals surface area contributed by atoms with Crippen LogP contribution in [0, 0.1) is 0 Å². The third-order valence-corrected chi connectivity index (χ3v) is 4.01. The van der Waals surface area contributed by atoms with E-state index in [1.165, 1.54) is 0 Å². The van der Waals surface area contributed by atoms with E-state index in [0.717, 1.165) is 51.7 Å². The molecule has 0 saturated carbocycles. The van der Waals surface area contributed by atoms with E-state index in [9.17, 15) is 4.79 Å². The van der Waals surface area contributed by atoms with E-state index in [2.05, 4.69) is 24.1 Å². The molecule has 2 aliphatic rings. The van der Waals surface area contributed by atoms with Gasteiger partial charge in [-0.3, -0.25) is 10.1 Å². The molecule has 0 aromatic carbocycles. The fourth-order valence-corrected chi connectivity index (χ4v) is 3.11. The average Bonchev–Trinajstić information content (AvgIpc) is 2.68. The van der Waals surface area contributed by atoms with Gasteiger partial charge >= 0.3 is 0 Å². The van der Waals surface area contributed by atoms with Gasteiger partial charge in [0.15, 0.2) is 0 Å². The Bertz CT molecular complexity index is 277. The first kappa shape index (κ1) is 13.8. The Labute approximate surface area is 110 Å². The minimum absolute atomic E-state index is 0.0504. The molecule has 2 heterocycles. The number of carbonyl (C=O) groups is 1. The van der Waals surface area contributed by atoms with Crippen molar-refractivity contribution in [2.75, 3.05) is 13.2 Å². The molecule has 2 aliphatic heterocycles. The van der Waals surface area contributed by atoms with Gasteiger partial charge in [-0.15, -0.1) is 0 Å². The first-order valence-electron chi connectivity index (χ1n) is 7.43. The highest BCUT2D eigenvalue weighted by Crippen LogP contribution is 2.25. The van der Waals surface area contributed by atoms with Crippen molar-refractivity contribution in [2.45, 2.75) is 70.6 Å². The Morgan fingerprint density at radius 1 is 1.22 bits per heavy atom. The number of hydrogen-bond donors (Lipinski definition) is 1. The van der Waals surface area contributed by atoms with Gasteiger partial charge in [-0.1, -0.05) is 26.7 Å². The molecule has 1 amide bonds. The zero-order valence-electron chi connectivity index (χ0n) is 11.7. The molecule has 1 N–H and O–H groups in total. The molecule has 2 fully saturated rings. The maximum atomic E-state index is 12.5. The zero-order chi connectivity index (χ0) is 13.0. The minimum atomic E-state index is 0.0504. The van der Waals surface area contributed by atoms with Crippen molar-refractivity contribution in [3.8, 4) is 0 Å². The van der Waals surface area contributed by atoms with E-state index in [0.29, 0.717) is 11.9 Å². The van der Waals surface area contributed by atoms with E-state index in [-0.39, 0.29) is 12.2 Å². The lowest BCUT2D eigenvalue weighted by molar-refractivity contribution is -0.134. The number of carbonyl (C=O) groups excluding carboxylic acids is 1. The van der Waals surface area contributed by atoms with Crippen LogP contribution in [0.25, 0.3) is 0 Å². The van der Waals surface area contributed by atoms with Crippen molar-refractivity contribution in [3.63, 3.8) is 0 Å². The molecule has 0 radical (unpaired) electrons. The summed E-state index contributed by atoms with van der Waals surface area (Å²) in [6.07, 6.45) is 6.43. The summed E-state index contributed by atoms with van der Waals surface area (Å²) in [5, 5.41) is 3.53. The average molecular weight is 254 g/mol. The van der Waals surface area contributed by atoms with Crippen molar-refractivity contribution >= 4 is 5.91 Å². The maximum Gasteiger partial charge on any atom is 0.241 e. The van der Waals surface area contributed by atoms with Crippen LogP contribution < -0.4 is 5.32 Å².